The summed E-state index contributed by atoms with van der Waals surface area (Å²) in [5.74, 6) is 0.414. The molecule has 0 aliphatic carbocycles. The minimum Gasteiger partial charge on any atom is -0.341 e. The first-order valence-corrected chi connectivity index (χ1v) is 9.20. The Hall–Kier alpha value is -2.54. The molecule has 6 nitrogen and oxygen atoms in total. The van der Waals surface area contributed by atoms with Gasteiger partial charge in [0.1, 0.15) is 11.6 Å². The van der Waals surface area contributed by atoms with Crippen molar-refractivity contribution in [1.29, 1.82) is 0 Å². The van der Waals surface area contributed by atoms with E-state index in [2.05, 4.69) is 9.97 Å². The van der Waals surface area contributed by atoms with Crippen molar-refractivity contribution >= 4 is 5.91 Å². The average molecular weight is 372 g/mol. The molecule has 1 N–H and O–H groups in total. The van der Waals surface area contributed by atoms with Crippen molar-refractivity contribution in [2.75, 3.05) is 26.7 Å². The quantitative estimate of drug-likeness (QED) is 0.872. The SMILES string of the molecule is Cc1nc(C2CCCN(C(=O)CN(C)Cc3ccccc3F)C2)cc(=O)[nH]1. The standard InChI is InChI=1S/C20H25FN4O2/c1-14-22-18(10-19(26)23-14)16-7-5-9-25(12-16)20(27)13-24(2)11-15-6-3-4-8-17(15)21/h3-4,6,8,10,16H,5,7,9,11-13H2,1-2H3,(H,22,23,26). The van der Waals surface area contributed by atoms with Crippen LogP contribution in [0.3, 0.4) is 0 Å². The van der Waals surface area contributed by atoms with Crippen LogP contribution in [0.1, 0.15) is 35.8 Å². The van der Waals surface area contributed by atoms with Gasteiger partial charge in [0, 0.05) is 37.2 Å². The van der Waals surface area contributed by atoms with Gasteiger partial charge >= 0.3 is 0 Å². The molecule has 3 rings (SSSR count). The van der Waals surface area contributed by atoms with E-state index in [1.807, 2.05) is 16.8 Å². The van der Waals surface area contributed by atoms with Crippen molar-refractivity contribution < 1.29 is 9.18 Å². The summed E-state index contributed by atoms with van der Waals surface area (Å²) in [4.78, 5) is 35.1. The summed E-state index contributed by atoms with van der Waals surface area (Å²) in [6.07, 6.45) is 1.78. The van der Waals surface area contributed by atoms with Gasteiger partial charge < -0.3 is 9.88 Å². The van der Waals surface area contributed by atoms with Gasteiger partial charge in [-0.1, -0.05) is 18.2 Å². The molecule has 2 heterocycles. The van der Waals surface area contributed by atoms with Crippen LogP contribution in [0.2, 0.25) is 0 Å². The number of aryl methyl sites for hydroxylation is 1. The lowest BCUT2D eigenvalue weighted by Crippen LogP contribution is -2.44. The van der Waals surface area contributed by atoms with E-state index in [-0.39, 0.29) is 29.7 Å². The van der Waals surface area contributed by atoms with Gasteiger partial charge in [-0.05, 0) is 32.9 Å². The van der Waals surface area contributed by atoms with Gasteiger partial charge in [-0.2, -0.15) is 0 Å². The van der Waals surface area contributed by atoms with Crippen LogP contribution in [0.15, 0.2) is 35.1 Å². The molecule has 0 radical (unpaired) electrons. The Kier molecular flexibility index (Phi) is 6.01. The molecule has 1 fully saturated rings. The molecule has 1 aromatic carbocycles. The maximum absolute atomic E-state index is 13.8. The second kappa shape index (κ2) is 8.43. The number of piperidine rings is 1. The van der Waals surface area contributed by atoms with Crippen molar-refractivity contribution in [2.45, 2.75) is 32.2 Å². The maximum atomic E-state index is 13.8. The van der Waals surface area contributed by atoms with Crippen molar-refractivity contribution in [1.82, 2.24) is 19.8 Å². The lowest BCUT2D eigenvalue weighted by atomic mass is 9.94. The molecule has 1 atom stereocenters. The van der Waals surface area contributed by atoms with Gasteiger partial charge in [-0.25, -0.2) is 9.37 Å². The predicted octanol–water partition coefficient (Wildman–Crippen LogP) is 2.06. The highest BCUT2D eigenvalue weighted by Crippen LogP contribution is 2.25. The number of amides is 1. The smallest absolute Gasteiger partial charge is 0.251 e. The van der Waals surface area contributed by atoms with Crippen LogP contribution >= 0.6 is 0 Å². The second-order valence-corrected chi connectivity index (χ2v) is 7.20. The zero-order chi connectivity index (χ0) is 19.4. The number of nitrogens with zero attached hydrogens (tertiary/aromatic N) is 3. The summed E-state index contributed by atoms with van der Waals surface area (Å²) in [6.45, 7) is 3.62. The molecular weight excluding hydrogens is 347 g/mol. The maximum Gasteiger partial charge on any atom is 0.251 e. The van der Waals surface area contributed by atoms with Crippen molar-refractivity contribution in [2.24, 2.45) is 0 Å². The minimum absolute atomic E-state index is 0.0140. The minimum atomic E-state index is -0.259. The Morgan fingerprint density at radius 1 is 1.41 bits per heavy atom. The number of likely N-dealkylation sites (tertiary alicyclic amines) is 1. The van der Waals surface area contributed by atoms with E-state index in [4.69, 9.17) is 0 Å². The molecule has 0 saturated carbocycles. The van der Waals surface area contributed by atoms with Crippen LogP contribution in [0, 0.1) is 12.7 Å². The lowest BCUT2D eigenvalue weighted by Gasteiger charge is -2.33. The fraction of sp³-hybridized carbons (Fsp3) is 0.450. The topological polar surface area (TPSA) is 69.3 Å². The molecule has 27 heavy (non-hydrogen) atoms. The molecule has 1 aliphatic rings. The number of aromatic amines is 1. The first kappa shape index (κ1) is 19.2. The summed E-state index contributed by atoms with van der Waals surface area (Å²) in [5.41, 5.74) is 1.16. The van der Waals surface area contributed by atoms with E-state index in [1.54, 1.807) is 25.1 Å². The Bertz CT molecular complexity index is 867. The Morgan fingerprint density at radius 2 is 2.19 bits per heavy atom. The summed E-state index contributed by atoms with van der Waals surface area (Å²) in [6, 6.07) is 8.13. The van der Waals surface area contributed by atoms with E-state index >= 15 is 0 Å². The first-order valence-electron chi connectivity index (χ1n) is 9.20. The number of aromatic nitrogens is 2. The molecule has 1 unspecified atom stereocenters. The number of hydrogen-bond donors (Lipinski definition) is 1. The van der Waals surface area contributed by atoms with E-state index in [0.717, 1.165) is 18.5 Å². The number of benzene rings is 1. The third-order valence-corrected chi connectivity index (χ3v) is 4.88. The first-order chi connectivity index (χ1) is 12.9. The number of carbonyl (C=O) groups excluding carboxylic acids is 1. The number of likely N-dealkylation sites (N-methyl/N-ethyl adjacent to an activating group) is 1. The molecule has 1 aromatic heterocycles. The average Bonchev–Trinajstić information content (AvgIpc) is 2.63. The van der Waals surface area contributed by atoms with Crippen LogP contribution in [-0.4, -0.2) is 52.4 Å². The van der Waals surface area contributed by atoms with Crippen LogP contribution < -0.4 is 5.56 Å². The monoisotopic (exact) mass is 372 g/mol. The number of rotatable bonds is 5. The zero-order valence-electron chi connectivity index (χ0n) is 15.7. The van der Waals surface area contributed by atoms with Crippen LogP contribution in [0.5, 0.6) is 0 Å². The molecule has 144 valence electrons. The second-order valence-electron chi connectivity index (χ2n) is 7.20. The van der Waals surface area contributed by atoms with Crippen LogP contribution in [-0.2, 0) is 11.3 Å². The molecule has 0 bridgehead atoms. The molecule has 2 aromatic rings. The zero-order valence-corrected chi connectivity index (χ0v) is 15.7. The predicted molar refractivity (Wildman–Crippen MR) is 101 cm³/mol. The molecule has 7 heteroatoms. The van der Waals surface area contributed by atoms with Gasteiger partial charge in [0.15, 0.2) is 0 Å². The van der Waals surface area contributed by atoms with E-state index < -0.39 is 0 Å². The number of carbonyl (C=O) groups is 1. The highest BCUT2D eigenvalue weighted by molar-refractivity contribution is 5.78. The molecule has 0 spiro atoms. The molecular formula is C20H25FN4O2. The van der Waals surface area contributed by atoms with Crippen molar-refractivity contribution in [3.8, 4) is 0 Å². The molecule has 1 saturated heterocycles. The number of nitrogens with one attached hydrogen (secondary N) is 1. The Balaban J connectivity index is 1.61. The number of H-pyrrole nitrogens is 1. The molecule has 1 amide bonds. The highest BCUT2D eigenvalue weighted by atomic mass is 19.1. The summed E-state index contributed by atoms with van der Waals surface area (Å²) >= 11 is 0. The molecule has 1 aliphatic heterocycles. The third-order valence-electron chi connectivity index (χ3n) is 4.88. The number of halogens is 1. The normalized spacial score (nSPS) is 17.3. The Labute approximate surface area is 158 Å². The van der Waals surface area contributed by atoms with Gasteiger partial charge in [0.25, 0.3) is 5.56 Å². The fourth-order valence-electron chi connectivity index (χ4n) is 3.56. The summed E-state index contributed by atoms with van der Waals surface area (Å²) in [5, 5.41) is 0. The van der Waals surface area contributed by atoms with Gasteiger partial charge in [-0.15, -0.1) is 0 Å². The van der Waals surface area contributed by atoms with Gasteiger partial charge in [-0.3, -0.25) is 14.5 Å². The van der Waals surface area contributed by atoms with Gasteiger partial charge in [0.05, 0.1) is 12.2 Å². The van der Waals surface area contributed by atoms with Gasteiger partial charge in [0.2, 0.25) is 5.91 Å². The van der Waals surface area contributed by atoms with E-state index in [1.165, 1.54) is 12.1 Å². The number of hydrogen-bond acceptors (Lipinski definition) is 4. The van der Waals surface area contributed by atoms with Crippen molar-refractivity contribution in [3.05, 3.63) is 63.6 Å². The van der Waals surface area contributed by atoms with Crippen LogP contribution in [0.25, 0.3) is 0 Å². The summed E-state index contributed by atoms with van der Waals surface area (Å²) < 4.78 is 13.8. The highest BCUT2D eigenvalue weighted by Gasteiger charge is 2.26. The van der Waals surface area contributed by atoms with Crippen molar-refractivity contribution in [3.63, 3.8) is 0 Å². The summed E-state index contributed by atoms with van der Waals surface area (Å²) in [7, 11) is 1.81. The fourth-order valence-corrected chi connectivity index (χ4v) is 3.56. The lowest BCUT2D eigenvalue weighted by molar-refractivity contribution is -0.133. The van der Waals surface area contributed by atoms with E-state index in [9.17, 15) is 14.0 Å². The Morgan fingerprint density at radius 3 is 2.93 bits per heavy atom. The largest absolute Gasteiger partial charge is 0.341 e. The third kappa shape index (κ3) is 5.01. The van der Waals surface area contributed by atoms with E-state index in [0.29, 0.717) is 31.0 Å². The van der Waals surface area contributed by atoms with Crippen LogP contribution in [0.4, 0.5) is 4.39 Å².